The van der Waals surface area contributed by atoms with E-state index in [1.54, 1.807) is 20.3 Å². The molecular weight excluding hydrogens is 340 g/mol. The highest BCUT2D eigenvalue weighted by Gasteiger charge is 2.07. The second kappa shape index (κ2) is 8.89. The summed E-state index contributed by atoms with van der Waals surface area (Å²) >= 11 is 5.33. The summed E-state index contributed by atoms with van der Waals surface area (Å²) in [6.45, 7) is 0. The number of hydrogen-bond acceptors (Lipinski definition) is 5. The number of esters is 1. The summed E-state index contributed by atoms with van der Waals surface area (Å²) in [7, 11) is 4.55. The molecule has 132 valence electrons. The highest BCUT2D eigenvalue weighted by atomic mass is 32.1. The average Bonchev–Trinajstić information content (AvgIpc) is 2.63. The molecule has 0 heterocycles. The Morgan fingerprint density at radius 2 is 1.72 bits per heavy atom. The van der Waals surface area contributed by atoms with E-state index in [4.69, 9.17) is 21.7 Å². The minimum atomic E-state index is -0.274. The molecule has 0 aliphatic heterocycles. The predicted octanol–water partition coefficient (Wildman–Crippen LogP) is 3.23. The quantitative estimate of drug-likeness (QED) is 0.605. The maximum Gasteiger partial charge on any atom is 0.309 e. The van der Waals surface area contributed by atoms with Crippen molar-refractivity contribution in [1.29, 1.82) is 0 Å². The van der Waals surface area contributed by atoms with Crippen molar-refractivity contribution in [1.82, 2.24) is 0 Å². The van der Waals surface area contributed by atoms with Crippen LogP contribution in [0.15, 0.2) is 42.5 Å². The molecule has 2 aromatic rings. The SMILES string of the molecule is COC(=O)Cc1ccc(NC(=S)Nc2ccc(OC)cc2OC)cc1. The first kappa shape index (κ1) is 18.5. The summed E-state index contributed by atoms with van der Waals surface area (Å²) in [5.41, 5.74) is 2.40. The standard InChI is InChI=1S/C18H20N2O4S/c1-22-14-8-9-15(16(11-14)23-2)20-18(25)19-13-6-4-12(5-7-13)10-17(21)24-3/h4-9,11H,10H2,1-3H3,(H2,19,20,25). The zero-order chi connectivity index (χ0) is 18.2. The number of benzene rings is 2. The molecule has 6 nitrogen and oxygen atoms in total. The summed E-state index contributed by atoms with van der Waals surface area (Å²) in [6, 6.07) is 12.8. The molecule has 0 spiro atoms. The van der Waals surface area contributed by atoms with Crippen LogP contribution in [0.25, 0.3) is 0 Å². The first-order valence-corrected chi connectivity index (χ1v) is 7.92. The second-order valence-corrected chi connectivity index (χ2v) is 5.50. The van der Waals surface area contributed by atoms with Gasteiger partial charge in [-0.3, -0.25) is 4.79 Å². The zero-order valence-electron chi connectivity index (χ0n) is 14.3. The number of ether oxygens (including phenoxy) is 3. The molecule has 0 radical (unpaired) electrons. The number of rotatable bonds is 6. The number of thiocarbonyl (C=S) groups is 1. The Hall–Kier alpha value is -2.80. The minimum Gasteiger partial charge on any atom is -0.497 e. The van der Waals surface area contributed by atoms with Gasteiger partial charge in [0.2, 0.25) is 0 Å². The van der Waals surface area contributed by atoms with Crippen molar-refractivity contribution in [2.45, 2.75) is 6.42 Å². The van der Waals surface area contributed by atoms with Gasteiger partial charge in [0.15, 0.2) is 5.11 Å². The monoisotopic (exact) mass is 360 g/mol. The van der Waals surface area contributed by atoms with Crippen molar-refractivity contribution >= 4 is 34.7 Å². The molecule has 0 aliphatic carbocycles. The predicted molar refractivity (Wildman–Crippen MR) is 102 cm³/mol. The molecule has 0 saturated carbocycles. The number of nitrogens with one attached hydrogen (secondary N) is 2. The van der Waals surface area contributed by atoms with Crippen LogP contribution in [0.4, 0.5) is 11.4 Å². The molecule has 2 rings (SSSR count). The third kappa shape index (κ3) is 5.36. The van der Waals surface area contributed by atoms with Crippen LogP contribution < -0.4 is 20.1 Å². The van der Waals surface area contributed by atoms with Crippen LogP contribution in [0.5, 0.6) is 11.5 Å². The fourth-order valence-corrected chi connectivity index (χ4v) is 2.36. The summed E-state index contributed by atoms with van der Waals surface area (Å²) in [6.07, 6.45) is 0.239. The molecule has 0 unspecified atom stereocenters. The third-order valence-electron chi connectivity index (χ3n) is 3.44. The van der Waals surface area contributed by atoms with Crippen LogP contribution in [-0.4, -0.2) is 32.4 Å². The van der Waals surface area contributed by atoms with Gasteiger partial charge in [-0.05, 0) is 42.0 Å². The highest BCUT2D eigenvalue weighted by Crippen LogP contribution is 2.29. The van der Waals surface area contributed by atoms with Gasteiger partial charge < -0.3 is 24.8 Å². The Balaban J connectivity index is 1.99. The molecule has 2 aromatic carbocycles. The second-order valence-electron chi connectivity index (χ2n) is 5.10. The van der Waals surface area contributed by atoms with E-state index in [1.807, 2.05) is 36.4 Å². The topological polar surface area (TPSA) is 68.8 Å². The first-order valence-electron chi connectivity index (χ1n) is 7.51. The maximum atomic E-state index is 11.3. The van der Waals surface area contributed by atoms with Gasteiger partial charge >= 0.3 is 5.97 Å². The molecule has 25 heavy (non-hydrogen) atoms. The Morgan fingerprint density at radius 3 is 2.32 bits per heavy atom. The highest BCUT2D eigenvalue weighted by molar-refractivity contribution is 7.80. The minimum absolute atomic E-state index is 0.239. The van der Waals surface area contributed by atoms with Gasteiger partial charge in [-0.25, -0.2) is 0 Å². The van der Waals surface area contributed by atoms with E-state index in [-0.39, 0.29) is 12.4 Å². The largest absolute Gasteiger partial charge is 0.497 e. The van der Waals surface area contributed by atoms with E-state index in [1.165, 1.54) is 7.11 Å². The Kier molecular flexibility index (Phi) is 6.59. The van der Waals surface area contributed by atoms with Crippen molar-refractivity contribution in [3.05, 3.63) is 48.0 Å². The lowest BCUT2D eigenvalue weighted by Gasteiger charge is -2.14. The van der Waals surface area contributed by atoms with Crippen LogP contribution in [0.2, 0.25) is 0 Å². The van der Waals surface area contributed by atoms with E-state index >= 15 is 0 Å². The maximum absolute atomic E-state index is 11.3. The molecule has 7 heteroatoms. The van der Waals surface area contributed by atoms with Crippen LogP contribution >= 0.6 is 12.2 Å². The number of carbonyl (C=O) groups excluding carboxylic acids is 1. The lowest BCUT2D eigenvalue weighted by Crippen LogP contribution is -2.19. The van der Waals surface area contributed by atoms with Crippen molar-refractivity contribution in [2.75, 3.05) is 32.0 Å². The van der Waals surface area contributed by atoms with Gasteiger partial charge in [-0.1, -0.05) is 12.1 Å². The molecule has 0 fully saturated rings. The van der Waals surface area contributed by atoms with E-state index in [0.29, 0.717) is 16.6 Å². The molecule has 0 atom stereocenters. The van der Waals surface area contributed by atoms with Gasteiger partial charge in [0.25, 0.3) is 0 Å². The number of anilines is 2. The molecule has 2 N–H and O–H groups in total. The molecule has 0 amide bonds. The van der Waals surface area contributed by atoms with Crippen LogP contribution in [0.1, 0.15) is 5.56 Å². The summed E-state index contributed by atoms with van der Waals surface area (Å²) in [4.78, 5) is 11.3. The van der Waals surface area contributed by atoms with Crippen LogP contribution in [0, 0.1) is 0 Å². The Labute approximate surface area is 152 Å². The number of carbonyl (C=O) groups is 1. The molecule has 0 saturated heterocycles. The van der Waals surface area contributed by atoms with E-state index < -0.39 is 0 Å². The third-order valence-corrected chi connectivity index (χ3v) is 3.65. The van der Waals surface area contributed by atoms with Gasteiger partial charge in [0.1, 0.15) is 11.5 Å². The smallest absolute Gasteiger partial charge is 0.309 e. The lowest BCUT2D eigenvalue weighted by atomic mass is 10.1. The van der Waals surface area contributed by atoms with Crippen LogP contribution in [-0.2, 0) is 16.0 Å². The van der Waals surface area contributed by atoms with Gasteiger partial charge in [0.05, 0.1) is 33.4 Å². The van der Waals surface area contributed by atoms with Gasteiger partial charge in [-0.2, -0.15) is 0 Å². The van der Waals surface area contributed by atoms with Crippen molar-refractivity contribution in [3.63, 3.8) is 0 Å². The van der Waals surface area contributed by atoms with Gasteiger partial charge in [-0.15, -0.1) is 0 Å². The summed E-state index contributed by atoms with van der Waals surface area (Å²) < 4.78 is 15.1. The summed E-state index contributed by atoms with van der Waals surface area (Å²) in [5, 5.41) is 6.59. The van der Waals surface area contributed by atoms with E-state index in [9.17, 15) is 4.79 Å². The van der Waals surface area contributed by atoms with Crippen LogP contribution in [0.3, 0.4) is 0 Å². The zero-order valence-corrected chi connectivity index (χ0v) is 15.1. The fraction of sp³-hybridized carbons (Fsp3) is 0.222. The van der Waals surface area contributed by atoms with E-state index in [0.717, 1.165) is 16.9 Å². The molecule has 0 aromatic heterocycles. The number of hydrogen-bond donors (Lipinski definition) is 2. The molecular formula is C18H20N2O4S. The molecule has 0 bridgehead atoms. The van der Waals surface area contributed by atoms with E-state index in [2.05, 4.69) is 15.4 Å². The lowest BCUT2D eigenvalue weighted by molar-refractivity contribution is -0.139. The first-order chi connectivity index (χ1) is 12.0. The van der Waals surface area contributed by atoms with Gasteiger partial charge in [0, 0.05) is 11.8 Å². The normalized spacial score (nSPS) is 9.88. The Morgan fingerprint density at radius 1 is 1.00 bits per heavy atom. The van der Waals surface area contributed by atoms with Crippen molar-refractivity contribution in [3.8, 4) is 11.5 Å². The fourth-order valence-electron chi connectivity index (χ4n) is 2.13. The Bertz CT molecular complexity index is 747. The average molecular weight is 360 g/mol. The van der Waals surface area contributed by atoms with Crippen molar-refractivity contribution < 1.29 is 19.0 Å². The summed E-state index contributed by atoms with van der Waals surface area (Å²) in [5.74, 6) is 1.05. The number of methoxy groups -OCH3 is 3. The molecule has 0 aliphatic rings. The van der Waals surface area contributed by atoms with Crippen molar-refractivity contribution in [2.24, 2.45) is 0 Å².